The number of hydrogen-bond donors (Lipinski definition) is 2. The van der Waals surface area contributed by atoms with Crippen LogP contribution >= 0.6 is 0 Å². The monoisotopic (exact) mass is 251 g/mol. The van der Waals surface area contributed by atoms with Gasteiger partial charge in [0.05, 0.1) is 5.71 Å². The number of nitrogens with one attached hydrogen (secondary N) is 1. The lowest BCUT2D eigenvalue weighted by molar-refractivity contribution is 0.474. The SMILES string of the molecule is C=Cc1ccc(O)c(C(=N)c2ccc(C)c(C)c2)c1. The molecule has 0 atom stereocenters. The van der Waals surface area contributed by atoms with Gasteiger partial charge in [-0.3, -0.25) is 5.41 Å². The van der Waals surface area contributed by atoms with Crippen molar-refractivity contribution in [2.45, 2.75) is 13.8 Å². The first-order valence-corrected chi connectivity index (χ1v) is 6.15. The Bertz CT molecular complexity index is 656. The molecule has 96 valence electrons. The van der Waals surface area contributed by atoms with Gasteiger partial charge in [0.1, 0.15) is 5.75 Å². The lowest BCUT2D eigenvalue weighted by Crippen LogP contribution is -2.03. The summed E-state index contributed by atoms with van der Waals surface area (Å²) >= 11 is 0. The molecule has 19 heavy (non-hydrogen) atoms. The molecule has 2 N–H and O–H groups in total. The summed E-state index contributed by atoms with van der Waals surface area (Å²) in [5, 5.41) is 18.2. The Labute approximate surface area is 113 Å². The molecule has 0 saturated heterocycles. The van der Waals surface area contributed by atoms with Crippen molar-refractivity contribution >= 4 is 11.8 Å². The van der Waals surface area contributed by atoms with E-state index in [-0.39, 0.29) is 5.75 Å². The van der Waals surface area contributed by atoms with Crippen molar-refractivity contribution in [3.63, 3.8) is 0 Å². The van der Waals surface area contributed by atoms with Gasteiger partial charge < -0.3 is 5.11 Å². The molecule has 0 saturated carbocycles. The molecule has 0 aliphatic rings. The Kier molecular flexibility index (Phi) is 3.52. The second-order valence-corrected chi connectivity index (χ2v) is 4.65. The molecule has 0 radical (unpaired) electrons. The second kappa shape index (κ2) is 5.11. The third-order valence-corrected chi connectivity index (χ3v) is 3.32. The lowest BCUT2D eigenvalue weighted by Gasteiger charge is -2.10. The molecule has 0 heterocycles. The Morgan fingerprint density at radius 1 is 1.11 bits per heavy atom. The van der Waals surface area contributed by atoms with Crippen molar-refractivity contribution in [2.75, 3.05) is 0 Å². The summed E-state index contributed by atoms with van der Waals surface area (Å²) in [6.45, 7) is 7.77. The van der Waals surface area contributed by atoms with Gasteiger partial charge in [-0.2, -0.15) is 0 Å². The lowest BCUT2D eigenvalue weighted by atomic mass is 9.97. The number of rotatable bonds is 3. The number of phenols is 1. The largest absolute Gasteiger partial charge is 0.507 e. The van der Waals surface area contributed by atoms with E-state index in [1.807, 2.05) is 32.0 Å². The number of aromatic hydroxyl groups is 1. The summed E-state index contributed by atoms with van der Waals surface area (Å²) in [5.41, 5.74) is 4.88. The van der Waals surface area contributed by atoms with E-state index in [0.29, 0.717) is 11.3 Å². The van der Waals surface area contributed by atoms with Gasteiger partial charge in [-0.25, -0.2) is 0 Å². The first-order chi connectivity index (χ1) is 9.02. The van der Waals surface area contributed by atoms with Crippen LogP contribution in [-0.4, -0.2) is 10.8 Å². The third-order valence-electron chi connectivity index (χ3n) is 3.32. The number of hydrogen-bond acceptors (Lipinski definition) is 2. The molecule has 2 rings (SSSR count). The first-order valence-electron chi connectivity index (χ1n) is 6.15. The summed E-state index contributed by atoms with van der Waals surface area (Å²) in [5.74, 6) is 0.119. The van der Waals surface area contributed by atoms with Crippen LogP contribution in [0.15, 0.2) is 43.0 Å². The average Bonchev–Trinajstić information content (AvgIpc) is 2.41. The van der Waals surface area contributed by atoms with Crippen molar-refractivity contribution in [1.82, 2.24) is 0 Å². The standard InChI is InChI=1S/C17H17NO/c1-4-13-6-8-16(19)15(10-13)17(18)14-7-5-11(2)12(3)9-14/h4-10,18-19H,1H2,2-3H3. The predicted octanol–water partition coefficient (Wildman–Crippen LogP) is 4.07. The highest BCUT2D eigenvalue weighted by Crippen LogP contribution is 2.23. The van der Waals surface area contributed by atoms with Crippen LogP contribution in [0.5, 0.6) is 5.75 Å². The van der Waals surface area contributed by atoms with E-state index >= 15 is 0 Å². The quantitative estimate of drug-likeness (QED) is 0.793. The van der Waals surface area contributed by atoms with Crippen molar-refractivity contribution in [1.29, 1.82) is 5.41 Å². The summed E-state index contributed by atoms with van der Waals surface area (Å²) < 4.78 is 0. The van der Waals surface area contributed by atoms with Gasteiger partial charge in [0.15, 0.2) is 0 Å². The maximum Gasteiger partial charge on any atom is 0.125 e. The molecule has 0 spiro atoms. The fourth-order valence-corrected chi connectivity index (χ4v) is 1.93. The van der Waals surface area contributed by atoms with E-state index in [1.54, 1.807) is 24.3 Å². The van der Waals surface area contributed by atoms with E-state index in [9.17, 15) is 5.11 Å². The molecule has 0 fully saturated rings. The van der Waals surface area contributed by atoms with E-state index in [4.69, 9.17) is 5.41 Å². The van der Waals surface area contributed by atoms with Gasteiger partial charge in [0.2, 0.25) is 0 Å². The molecule has 0 aliphatic carbocycles. The zero-order chi connectivity index (χ0) is 14.0. The van der Waals surface area contributed by atoms with Gasteiger partial charge in [-0.15, -0.1) is 0 Å². The summed E-state index contributed by atoms with van der Waals surface area (Å²) in [6, 6.07) is 11.0. The van der Waals surface area contributed by atoms with E-state index in [2.05, 4.69) is 6.58 Å². The van der Waals surface area contributed by atoms with Gasteiger partial charge in [0, 0.05) is 11.1 Å². The van der Waals surface area contributed by atoms with Crippen molar-refractivity contribution in [2.24, 2.45) is 0 Å². The van der Waals surface area contributed by atoms with E-state index in [0.717, 1.165) is 16.7 Å². The maximum atomic E-state index is 9.91. The number of aryl methyl sites for hydroxylation is 2. The molecule has 2 heteroatoms. The van der Waals surface area contributed by atoms with Crippen LogP contribution in [0.1, 0.15) is 27.8 Å². The van der Waals surface area contributed by atoms with Gasteiger partial charge in [-0.1, -0.05) is 30.9 Å². The van der Waals surface area contributed by atoms with Crippen molar-refractivity contribution in [3.05, 3.63) is 70.8 Å². The Morgan fingerprint density at radius 2 is 1.84 bits per heavy atom. The molecule has 2 nitrogen and oxygen atoms in total. The highest BCUT2D eigenvalue weighted by Gasteiger charge is 2.10. The molecule has 0 bridgehead atoms. The maximum absolute atomic E-state index is 9.91. The molecule has 2 aromatic carbocycles. The van der Waals surface area contributed by atoms with Crippen molar-refractivity contribution in [3.8, 4) is 5.75 Å². The van der Waals surface area contributed by atoms with Crippen LogP contribution in [-0.2, 0) is 0 Å². The molecule has 2 aromatic rings. The minimum atomic E-state index is 0.119. The van der Waals surface area contributed by atoms with Crippen molar-refractivity contribution < 1.29 is 5.11 Å². The third kappa shape index (κ3) is 2.58. The van der Waals surface area contributed by atoms with Gasteiger partial charge >= 0.3 is 0 Å². The Balaban J connectivity index is 2.49. The minimum absolute atomic E-state index is 0.119. The Hall–Kier alpha value is -2.35. The van der Waals surface area contributed by atoms with Crippen LogP contribution in [0.25, 0.3) is 6.08 Å². The number of benzene rings is 2. The van der Waals surface area contributed by atoms with E-state index < -0.39 is 0 Å². The Morgan fingerprint density at radius 3 is 2.47 bits per heavy atom. The number of phenolic OH excluding ortho intramolecular Hbond substituents is 1. The molecule has 0 aromatic heterocycles. The van der Waals surface area contributed by atoms with Crippen LogP contribution in [0.4, 0.5) is 0 Å². The van der Waals surface area contributed by atoms with E-state index in [1.165, 1.54) is 5.56 Å². The molecule has 0 aliphatic heterocycles. The molecular formula is C17H17NO. The van der Waals surface area contributed by atoms with Crippen LogP contribution in [0, 0.1) is 19.3 Å². The summed E-state index contributed by atoms with van der Waals surface area (Å²) in [7, 11) is 0. The fraction of sp³-hybridized carbons (Fsp3) is 0.118. The van der Waals surface area contributed by atoms with Gasteiger partial charge in [0.25, 0.3) is 0 Å². The first kappa shape index (κ1) is 13.1. The zero-order valence-corrected chi connectivity index (χ0v) is 11.2. The van der Waals surface area contributed by atoms with Gasteiger partial charge in [-0.05, 0) is 48.7 Å². The second-order valence-electron chi connectivity index (χ2n) is 4.65. The normalized spacial score (nSPS) is 10.2. The fourth-order valence-electron chi connectivity index (χ4n) is 1.93. The summed E-state index contributed by atoms with van der Waals surface area (Å²) in [6.07, 6.45) is 1.70. The van der Waals surface area contributed by atoms with Crippen LogP contribution in [0.3, 0.4) is 0 Å². The average molecular weight is 251 g/mol. The topological polar surface area (TPSA) is 44.1 Å². The smallest absolute Gasteiger partial charge is 0.125 e. The predicted molar refractivity (Wildman–Crippen MR) is 80.0 cm³/mol. The summed E-state index contributed by atoms with van der Waals surface area (Å²) in [4.78, 5) is 0. The highest BCUT2D eigenvalue weighted by molar-refractivity contribution is 6.12. The highest BCUT2D eigenvalue weighted by atomic mass is 16.3. The minimum Gasteiger partial charge on any atom is -0.507 e. The van der Waals surface area contributed by atoms with Crippen LogP contribution in [0.2, 0.25) is 0 Å². The molecular weight excluding hydrogens is 234 g/mol. The molecule has 0 amide bonds. The molecule has 0 unspecified atom stereocenters. The van der Waals surface area contributed by atoms with Crippen LogP contribution < -0.4 is 0 Å². The zero-order valence-electron chi connectivity index (χ0n) is 11.2.